The summed E-state index contributed by atoms with van der Waals surface area (Å²) in [5.74, 6) is -2.89. The number of halogens is 3. The number of carboxylic acid groups (broad SMARTS) is 1. The van der Waals surface area contributed by atoms with Gasteiger partial charge in [0.05, 0.1) is 17.9 Å². The zero-order valence-electron chi connectivity index (χ0n) is 11.6. The minimum atomic E-state index is -4.75. The van der Waals surface area contributed by atoms with Crippen LogP contribution in [0.4, 0.5) is 13.2 Å². The quantitative estimate of drug-likeness (QED) is 0.875. The summed E-state index contributed by atoms with van der Waals surface area (Å²) in [5, 5.41) is 11.4. The van der Waals surface area contributed by atoms with E-state index in [9.17, 15) is 22.8 Å². The van der Waals surface area contributed by atoms with Gasteiger partial charge < -0.3 is 15.2 Å². The smallest absolute Gasteiger partial charge is 0.481 e. The average Bonchev–Trinajstić information content (AvgIpc) is 3.17. The van der Waals surface area contributed by atoms with Crippen molar-refractivity contribution in [2.45, 2.75) is 25.7 Å². The zero-order valence-corrected chi connectivity index (χ0v) is 11.6. The third-order valence-corrected chi connectivity index (χ3v) is 3.42. The molecule has 0 spiro atoms. The third kappa shape index (κ3) is 4.12. The van der Waals surface area contributed by atoms with Crippen LogP contribution < -0.4 is 10.1 Å². The maximum atomic E-state index is 12.0. The first-order chi connectivity index (χ1) is 10.2. The Hall–Kier alpha value is -2.25. The first-order valence-electron chi connectivity index (χ1n) is 6.56. The molecular formula is C14H14F3NO4. The van der Waals surface area contributed by atoms with Gasteiger partial charge in [-0.1, -0.05) is 12.1 Å². The SMILES string of the molecule is C[C@H](NC(=O)[C@H]1C[C@@H]1C(=O)O)c1ccc(OC(F)(F)F)cc1. The zero-order chi connectivity index (χ0) is 16.5. The summed E-state index contributed by atoms with van der Waals surface area (Å²) in [6.45, 7) is 1.66. The van der Waals surface area contributed by atoms with E-state index in [-0.39, 0.29) is 11.7 Å². The van der Waals surface area contributed by atoms with E-state index in [0.29, 0.717) is 12.0 Å². The van der Waals surface area contributed by atoms with E-state index in [0.717, 1.165) is 12.1 Å². The Bertz CT molecular complexity index is 570. The van der Waals surface area contributed by atoms with Crippen LogP contribution in [0.1, 0.15) is 24.9 Å². The second kappa shape index (κ2) is 5.86. The molecule has 1 fully saturated rings. The third-order valence-electron chi connectivity index (χ3n) is 3.42. The lowest BCUT2D eigenvalue weighted by molar-refractivity contribution is -0.274. The molecule has 0 heterocycles. The van der Waals surface area contributed by atoms with Crippen LogP contribution in [0.2, 0.25) is 0 Å². The molecule has 0 unspecified atom stereocenters. The van der Waals surface area contributed by atoms with Gasteiger partial charge in [-0.15, -0.1) is 13.2 Å². The van der Waals surface area contributed by atoms with Crippen molar-refractivity contribution >= 4 is 11.9 Å². The van der Waals surface area contributed by atoms with Crippen molar-refractivity contribution in [2.24, 2.45) is 11.8 Å². The minimum absolute atomic E-state index is 0.312. The highest BCUT2D eigenvalue weighted by molar-refractivity contribution is 5.89. The van der Waals surface area contributed by atoms with E-state index in [1.807, 2.05) is 0 Å². The molecule has 1 aliphatic carbocycles. The molecule has 1 saturated carbocycles. The fourth-order valence-electron chi connectivity index (χ4n) is 2.12. The molecule has 1 aromatic rings. The Morgan fingerprint density at radius 2 is 1.86 bits per heavy atom. The van der Waals surface area contributed by atoms with Gasteiger partial charge in [-0.05, 0) is 31.0 Å². The van der Waals surface area contributed by atoms with E-state index >= 15 is 0 Å². The van der Waals surface area contributed by atoms with Crippen LogP contribution in [0.5, 0.6) is 5.75 Å². The number of carbonyl (C=O) groups excluding carboxylic acids is 1. The number of alkyl halides is 3. The summed E-state index contributed by atoms with van der Waals surface area (Å²) in [6, 6.07) is 4.69. The van der Waals surface area contributed by atoms with Gasteiger partial charge in [0.25, 0.3) is 0 Å². The lowest BCUT2D eigenvalue weighted by Gasteiger charge is -2.15. The number of carbonyl (C=O) groups is 2. The molecule has 2 N–H and O–H groups in total. The Labute approximate surface area is 124 Å². The molecule has 5 nitrogen and oxygen atoms in total. The molecular weight excluding hydrogens is 303 g/mol. The van der Waals surface area contributed by atoms with Crippen LogP contribution in [-0.4, -0.2) is 23.3 Å². The van der Waals surface area contributed by atoms with E-state index < -0.39 is 30.2 Å². The van der Waals surface area contributed by atoms with Crippen LogP contribution in [0.15, 0.2) is 24.3 Å². The number of nitrogens with one attached hydrogen (secondary N) is 1. The highest BCUT2D eigenvalue weighted by atomic mass is 19.4. The van der Waals surface area contributed by atoms with E-state index in [1.165, 1.54) is 12.1 Å². The predicted octanol–water partition coefficient (Wildman–Crippen LogP) is 2.48. The van der Waals surface area contributed by atoms with Crippen LogP contribution in [-0.2, 0) is 9.59 Å². The van der Waals surface area contributed by atoms with E-state index in [4.69, 9.17) is 5.11 Å². The molecule has 1 amide bonds. The first-order valence-corrected chi connectivity index (χ1v) is 6.56. The van der Waals surface area contributed by atoms with Crippen molar-refractivity contribution in [3.8, 4) is 5.75 Å². The number of hydrogen-bond acceptors (Lipinski definition) is 3. The van der Waals surface area contributed by atoms with E-state index in [2.05, 4.69) is 10.1 Å². The fourth-order valence-corrected chi connectivity index (χ4v) is 2.12. The van der Waals surface area contributed by atoms with Gasteiger partial charge >= 0.3 is 12.3 Å². The maximum Gasteiger partial charge on any atom is 0.573 e. The summed E-state index contributed by atoms with van der Waals surface area (Å²) in [5.41, 5.74) is 0.593. The Morgan fingerprint density at radius 1 is 1.27 bits per heavy atom. The lowest BCUT2D eigenvalue weighted by Crippen LogP contribution is -2.29. The minimum Gasteiger partial charge on any atom is -0.481 e. The topological polar surface area (TPSA) is 75.6 Å². The number of hydrogen-bond donors (Lipinski definition) is 2. The number of amides is 1. The van der Waals surface area contributed by atoms with Gasteiger partial charge in [-0.25, -0.2) is 0 Å². The maximum absolute atomic E-state index is 12.0. The summed E-state index contributed by atoms with van der Waals surface area (Å²) < 4.78 is 39.9. The van der Waals surface area contributed by atoms with Crippen LogP contribution in [0, 0.1) is 11.8 Å². The largest absolute Gasteiger partial charge is 0.573 e. The Balaban J connectivity index is 1.91. The fraction of sp³-hybridized carbons (Fsp3) is 0.429. The molecule has 0 aliphatic heterocycles. The average molecular weight is 317 g/mol. The molecule has 1 aromatic carbocycles. The summed E-state index contributed by atoms with van der Waals surface area (Å²) in [4.78, 5) is 22.5. The lowest BCUT2D eigenvalue weighted by atomic mass is 10.1. The van der Waals surface area contributed by atoms with Gasteiger partial charge in [-0.3, -0.25) is 9.59 Å². The molecule has 2 rings (SSSR count). The van der Waals surface area contributed by atoms with Crippen molar-refractivity contribution in [1.82, 2.24) is 5.32 Å². The molecule has 120 valence electrons. The van der Waals surface area contributed by atoms with Crippen molar-refractivity contribution in [3.05, 3.63) is 29.8 Å². The van der Waals surface area contributed by atoms with Crippen LogP contribution >= 0.6 is 0 Å². The van der Waals surface area contributed by atoms with E-state index in [1.54, 1.807) is 6.92 Å². The van der Waals surface area contributed by atoms with Gasteiger partial charge in [-0.2, -0.15) is 0 Å². The standard InChI is InChI=1S/C14H14F3NO4/c1-7(18-12(19)10-6-11(10)13(20)21)8-2-4-9(5-3-8)22-14(15,16)17/h2-5,7,10-11H,6H2,1H3,(H,18,19)(H,20,21)/t7-,10-,11-/m0/s1. The Morgan fingerprint density at radius 3 is 2.32 bits per heavy atom. The molecule has 8 heteroatoms. The highest BCUT2D eigenvalue weighted by Crippen LogP contribution is 2.39. The number of aliphatic carboxylic acids is 1. The number of carboxylic acids is 1. The predicted molar refractivity (Wildman–Crippen MR) is 68.9 cm³/mol. The van der Waals surface area contributed by atoms with Crippen LogP contribution in [0.25, 0.3) is 0 Å². The van der Waals surface area contributed by atoms with Gasteiger partial charge in [0, 0.05) is 0 Å². The molecule has 1 aliphatic rings. The molecule has 0 radical (unpaired) electrons. The second-order valence-corrected chi connectivity index (χ2v) is 5.13. The van der Waals surface area contributed by atoms with Gasteiger partial charge in [0.1, 0.15) is 5.75 Å². The summed E-state index contributed by atoms with van der Waals surface area (Å²) >= 11 is 0. The molecule has 22 heavy (non-hydrogen) atoms. The molecule has 0 bridgehead atoms. The first kappa shape index (κ1) is 16.1. The summed E-state index contributed by atoms with van der Waals surface area (Å²) in [6.07, 6.45) is -4.44. The van der Waals surface area contributed by atoms with Gasteiger partial charge in [0.15, 0.2) is 0 Å². The van der Waals surface area contributed by atoms with Crippen molar-refractivity contribution < 1.29 is 32.6 Å². The normalized spacial score (nSPS) is 21.8. The van der Waals surface area contributed by atoms with Crippen LogP contribution in [0.3, 0.4) is 0 Å². The second-order valence-electron chi connectivity index (χ2n) is 5.13. The summed E-state index contributed by atoms with van der Waals surface area (Å²) in [7, 11) is 0. The number of ether oxygens (including phenoxy) is 1. The molecule has 3 atom stereocenters. The monoisotopic (exact) mass is 317 g/mol. The Kier molecular flexibility index (Phi) is 4.30. The molecule has 0 saturated heterocycles. The van der Waals surface area contributed by atoms with Gasteiger partial charge in [0.2, 0.25) is 5.91 Å². The highest BCUT2D eigenvalue weighted by Gasteiger charge is 2.48. The number of benzene rings is 1. The molecule has 0 aromatic heterocycles. The number of rotatable bonds is 5. The van der Waals surface area contributed by atoms with Crippen molar-refractivity contribution in [1.29, 1.82) is 0 Å². The van der Waals surface area contributed by atoms with Crippen molar-refractivity contribution in [2.75, 3.05) is 0 Å². The van der Waals surface area contributed by atoms with Crippen molar-refractivity contribution in [3.63, 3.8) is 0 Å².